The number of phenols is 1. The van der Waals surface area contributed by atoms with E-state index < -0.39 is 20.8 Å². The highest BCUT2D eigenvalue weighted by atomic mass is 32.2. The third-order valence-electron chi connectivity index (χ3n) is 4.21. The largest absolute Gasteiger partial charge is 0.506 e. The molecule has 0 bridgehead atoms. The molecule has 0 radical (unpaired) electrons. The van der Waals surface area contributed by atoms with Gasteiger partial charge in [0.1, 0.15) is 22.1 Å². The Balaban J connectivity index is 2.02. The van der Waals surface area contributed by atoms with Crippen molar-refractivity contribution in [2.45, 2.75) is 56.8 Å². The van der Waals surface area contributed by atoms with Crippen molar-refractivity contribution in [2.75, 3.05) is 0 Å². The van der Waals surface area contributed by atoms with Gasteiger partial charge >= 0.3 is 0 Å². The molecule has 0 atom stereocenters. The Hall–Kier alpha value is -2.05. The van der Waals surface area contributed by atoms with Crippen LogP contribution in [0.3, 0.4) is 0 Å². The molecule has 0 aromatic heterocycles. The monoisotopic (exact) mass is 378 g/mol. The molecule has 6 heteroatoms. The lowest BCUT2D eigenvalue weighted by molar-refractivity contribution is 0.432. The molecule has 0 aliphatic rings. The summed E-state index contributed by atoms with van der Waals surface area (Å²) in [5, 5.41) is 9.80. The van der Waals surface area contributed by atoms with Gasteiger partial charge in [0.25, 0.3) is 10.1 Å². The van der Waals surface area contributed by atoms with Crippen LogP contribution in [0.1, 0.15) is 51.0 Å². The minimum absolute atomic E-state index is 0.310. The molecule has 0 amide bonds. The number of aromatic hydroxyl groups is 1. The van der Waals surface area contributed by atoms with Gasteiger partial charge in [-0.15, -0.1) is 0 Å². The van der Waals surface area contributed by atoms with Crippen LogP contribution in [0, 0.1) is 0 Å². The lowest BCUT2D eigenvalue weighted by Crippen LogP contribution is -1.99. The second kappa shape index (κ2) is 9.59. The van der Waals surface area contributed by atoms with Crippen LogP contribution in [0.5, 0.6) is 17.2 Å². The maximum atomic E-state index is 11.1. The molecular formula is C20H26O5S. The SMILES string of the molecule is CCCCCCCCc1ccccc1Oc1ccc(S(=O)(=O)O)c(O)c1. The second-order valence-electron chi connectivity index (χ2n) is 6.33. The summed E-state index contributed by atoms with van der Waals surface area (Å²) in [6.45, 7) is 2.20. The van der Waals surface area contributed by atoms with Crippen molar-refractivity contribution in [1.82, 2.24) is 0 Å². The first kappa shape index (κ1) is 20.3. The molecule has 0 heterocycles. The Kier molecular flexibility index (Phi) is 7.48. The van der Waals surface area contributed by atoms with E-state index in [2.05, 4.69) is 6.92 Å². The van der Waals surface area contributed by atoms with E-state index in [4.69, 9.17) is 9.29 Å². The summed E-state index contributed by atoms with van der Waals surface area (Å²) in [5.74, 6) is 0.448. The quantitative estimate of drug-likeness (QED) is 0.431. The summed E-state index contributed by atoms with van der Waals surface area (Å²) in [4.78, 5) is -0.537. The Morgan fingerprint density at radius 3 is 2.35 bits per heavy atom. The zero-order valence-corrected chi connectivity index (χ0v) is 15.8. The molecule has 0 spiro atoms. The van der Waals surface area contributed by atoms with Crippen molar-refractivity contribution >= 4 is 10.1 Å². The Morgan fingerprint density at radius 2 is 1.65 bits per heavy atom. The van der Waals surface area contributed by atoms with Gasteiger partial charge < -0.3 is 9.84 Å². The number of rotatable bonds is 10. The molecule has 0 saturated carbocycles. The topological polar surface area (TPSA) is 83.8 Å². The number of ether oxygens (including phenoxy) is 1. The van der Waals surface area contributed by atoms with Crippen LogP contribution in [0.4, 0.5) is 0 Å². The van der Waals surface area contributed by atoms with Gasteiger partial charge in [-0.1, -0.05) is 57.2 Å². The molecule has 0 fully saturated rings. The number of benzene rings is 2. The normalized spacial score (nSPS) is 11.5. The Bertz CT molecular complexity index is 815. The Labute approximate surface area is 155 Å². The van der Waals surface area contributed by atoms with Crippen molar-refractivity contribution < 1.29 is 22.8 Å². The highest BCUT2D eigenvalue weighted by Crippen LogP contribution is 2.32. The van der Waals surface area contributed by atoms with Gasteiger partial charge in [0, 0.05) is 6.07 Å². The first-order valence-electron chi connectivity index (χ1n) is 8.98. The van der Waals surface area contributed by atoms with Crippen molar-refractivity contribution in [3.63, 3.8) is 0 Å². The van der Waals surface area contributed by atoms with Crippen LogP contribution in [-0.2, 0) is 16.5 Å². The third-order valence-corrected chi connectivity index (χ3v) is 5.11. The van der Waals surface area contributed by atoms with Crippen LogP contribution in [0.15, 0.2) is 47.4 Å². The van der Waals surface area contributed by atoms with Gasteiger partial charge in [-0.2, -0.15) is 8.42 Å². The van der Waals surface area contributed by atoms with Gasteiger partial charge in [0.2, 0.25) is 0 Å². The number of aryl methyl sites for hydroxylation is 1. The van der Waals surface area contributed by atoms with Crippen LogP contribution < -0.4 is 4.74 Å². The van der Waals surface area contributed by atoms with Gasteiger partial charge in [0.15, 0.2) is 0 Å². The minimum Gasteiger partial charge on any atom is -0.506 e. The van der Waals surface area contributed by atoms with Gasteiger partial charge in [-0.25, -0.2) is 0 Å². The van der Waals surface area contributed by atoms with E-state index in [1.807, 2.05) is 24.3 Å². The zero-order chi connectivity index (χ0) is 19.0. The summed E-state index contributed by atoms with van der Waals surface area (Å²) in [7, 11) is -4.46. The standard InChI is InChI=1S/C20H26O5S/c1-2-3-4-5-6-7-10-16-11-8-9-12-19(16)25-17-13-14-20(18(21)15-17)26(22,23)24/h8-9,11-15,21H,2-7,10H2,1H3,(H,22,23,24). The minimum atomic E-state index is -4.46. The molecule has 2 N–H and O–H groups in total. The molecule has 0 saturated heterocycles. The average molecular weight is 378 g/mol. The van der Waals surface area contributed by atoms with Crippen LogP contribution in [0.25, 0.3) is 0 Å². The number of phenolic OH excluding ortho intramolecular Hbond substituents is 1. The molecule has 142 valence electrons. The van der Waals surface area contributed by atoms with Gasteiger partial charge in [-0.3, -0.25) is 4.55 Å². The number of hydrogen-bond donors (Lipinski definition) is 2. The van der Waals surface area contributed by atoms with E-state index >= 15 is 0 Å². The maximum absolute atomic E-state index is 11.1. The molecule has 2 aromatic rings. The zero-order valence-electron chi connectivity index (χ0n) is 15.0. The molecule has 5 nitrogen and oxygen atoms in total. The summed E-state index contributed by atoms with van der Waals surface area (Å²) in [6.07, 6.45) is 8.19. The summed E-state index contributed by atoms with van der Waals surface area (Å²) in [6, 6.07) is 11.4. The van der Waals surface area contributed by atoms with E-state index in [1.165, 1.54) is 44.2 Å². The van der Waals surface area contributed by atoms with E-state index in [9.17, 15) is 13.5 Å². The molecule has 0 unspecified atom stereocenters. The number of unbranched alkanes of at least 4 members (excludes halogenated alkanes) is 5. The molecular weight excluding hydrogens is 352 g/mol. The van der Waals surface area contributed by atoms with E-state index in [1.54, 1.807) is 0 Å². The highest BCUT2D eigenvalue weighted by Gasteiger charge is 2.16. The highest BCUT2D eigenvalue weighted by molar-refractivity contribution is 7.86. The van der Waals surface area contributed by atoms with Crippen molar-refractivity contribution in [3.05, 3.63) is 48.0 Å². The summed E-state index contributed by atoms with van der Waals surface area (Å²) >= 11 is 0. The maximum Gasteiger partial charge on any atom is 0.298 e. The first-order chi connectivity index (χ1) is 12.4. The Morgan fingerprint density at radius 1 is 0.962 bits per heavy atom. The lowest BCUT2D eigenvalue weighted by atomic mass is 10.0. The molecule has 2 aromatic carbocycles. The van der Waals surface area contributed by atoms with Crippen LogP contribution in [-0.4, -0.2) is 18.1 Å². The van der Waals surface area contributed by atoms with Crippen molar-refractivity contribution in [2.24, 2.45) is 0 Å². The lowest BCUT2D eigenvalue weighted by Gasteiger charge is -2.12. The predicted molar refractivity (Wildman–Crippen MR) is 102 cm³/mol. The molecule has 26 heavy (non-hydrogen) atoms. The summed E-state index contributed by atoms with van der Waals surface area (Å²) < 4.78 is 37.1. The average Bonchev–Trinajstić information content (AvgIpc) is 2.58. The summed E-state index contributed by atoms with van der Waals surface area (Å²) in [5.41, 5.74) is 1.07. The van der Waals surface area contributed by atoms with Crippen LogP contribution >= 0.6 is 0 Å². The van der Waals surface area contributed by atoms with Gasteiger partial charge in [-0.05, 0) is 36.6 Å². The second-order valence-corrected chi connectivity index (χ2v) is 7.72. The third kappa shape index (κ3) is 6.04. The fourth-order valence-electron chi connectivity index (χ4n) is 2.81. The number of hydrogen-bond acceptors (Lipinski definition) is 4. The van der Waals surface area contributed by atoms with E-state index in [0.29, 0.717) is 11.5 Å². The fraction of sp³-hybridized carbons (Fsp3) is 0.400. The predicted octanol–water partition coefficient (Wildman–Crippen LogP) is 5.33. The van der Waals surface area contributed by atoms with E-state index in [0.717, 1.165) is 24.5 Å². The fourth-order valence-corrected chi connectivity index (χ4v) is 3.37. The smallest absolute Gasteiger partial charge is 0.298 e. The van der Waals surface area contributed by atoms with Crippen molar-refractivity contribution in [3.8, 4) is 17.2 Å². The molecule has 0 aliphatic heterocycles. The number of para-hydroxylation sites is 1. The molecule has 2 rings (SSSR count). The molecule has 0 aliphatic carbocycles. The van der Waals surface area contributed by atoms with Crippen molar-refractivity contribution in [1.29, 1.82) is 0 Å². The van der Waals surface area contributed by atoms with Crippen LogP contribution in [0.2, 0.25) is 0 Å². The van der Waals surface area contributed by atoms with E-state index in [-0.39, 0.29) is 0 Å². The van der Waals surface area contributed by atoms with Gasteiger partial charge in [0.05, 0.1) is 0 Å². The first-order valence-corrected chi connectivity index (χ1v) is 10.4.